The van der Waals surface area contributed by atoms with Gasteiger partial charge in [-0.05, 0) is 17.7 Å². The standard InChI is InChI=1S/C12H13FN2O2/c1-17-12-3-2-9(6-10(12)13)11(16)7-15-5-4-14-8-15/h2-6,8,11,16H,7H2,1H3. The minimum atomic E-state index is -0.774. The maximum Gasteiger partial charge on any atom is 0.165 e. The normalized spacial score (nSPS) is 12.4. The molecule has 0 spiro atoms. The highest BCUT2D eigenvalue weighted by molar-refractivity contribution is 5.30. The van der Waals surface area contributed by atoms with Crippen molar-refractivity contribution in [2.24, 2.45) is 0 Å². The molecular formula is C12H13FN2O2. The summed E-state index contributed by atoms with van der Waals surface area (Å²) in [6.45, 7) is 0.339. The van der Waals surface area contributed by atoms with Gasteiger partial charge in [-0.2, -0.15) is 0 Å². The molecule has 5 heteroatoms. The van der Waals surface area contributed by atoms with Crippen LogP contribution in [-0.2, 0) is 6.54 Å². The van der Waals surface area contributed by atoms with Gasteiger partial charge in [-0.1, -0.05) is 6.07 Å². The summed E-state index contributed by atoms with van der Waals surface area (Å²) >= 11 is 0. The van der Waals surface area contributed by atoms with Crippen LogP contribution in [0.2, 0.25) is 0 Å². The van der Waals surface area contributed by atoms with Crippen molar-refractivity contribution in [3.8, 4) is 5.75 Å². The predicted molar refractivity (Wildman–Crippen MR) is 60.1 cm³/mol. The van der Waals surface area contributed by atoms with Gasteiger partial charge in [-0.25, -0.2) is 9.37 Å². The van der Waals surface area contributed by atoms with E-state index in [1.807, 2.05) is 0 Å². The molecule has 0 fully saturated rings. The first-order valence-corrected chi connectivity index (χ1v) is 5.18. The lowest BCUT2D eigenvalue weighted by Gasteiger charge is -2.12. The summed E-state index contributed by atoms with van der Waals surface area (Å²) in [7, 11) is 1.40. The van der Waals surface area contributed by atoms with Crippen LogP contribution in [-0.4, -0.2) is 21.8 Å². The molecule has 0 amide bonds. The second-order valence-electron chi connectivity index (χ2n) is 3.67. The van der Waals surface area contributed by atoms with Gasteiger partial charge in [0, 0.05) is 12.4 Å². The summed E-state index contributed by atoms with van der Waals surface area (Å²) in [6, 6.07) is 4.42. The first kappa shape index (κ1) is 11.6. The summed E-state index contributed by atoms with van der Waals surface area (Å²) in [5.41, 5.74) is 0.511. The Morgan fingerprint density at radius 1 is 1.53 bits per heavy atom. The zero-order valence-corrected chi connectivity index (χ0v) is 9.38. The van der Waals surface area contributed by atoms with E-state index in [1.165, 1.54) is 19.2 Å². The smallest absolute Gasteiger partial charge is 0.165 e. The lowest BCUT2D eigenvalue weighted by atomic mass is 10.1. The van der Waals surface area contributed by atoms with Crippen LogP contribution >= 0.6 is 0 Å². The van der Waals surface area contributed by atoms with Crippen LogP contribution in [0.4, 0.5) is 4.39 Å². The number of hydrogen-bond donors (Lipinski definition) is 1. The van der Waals surface area contributed by atoms with Crippen LogP contribution < -0.4 is 4.74 Å². The SMILES string of the molecule is COc1ccc(C(O)Cn2ccnc2)cc1F. The van der Waals surface area contributed by atoms with Crippen LogP contribution in [0.3, 0.4) is 0 Å². The molecule has 1 atom stereocenters. The third-order valence-corrected chi connectivity index (χ3v) is 2.50. The Morgan fingerprint density at radius 2 is 2.35 bits per heavy atom. The number of benzene rings is 1. The van der Waals surface area contributed by atoms with Gasteiger partial charge in [0.15, 0.2) is 11.6 Å². The van der Waals surface area contributed by atoms with Crippen molar-refractivity contribution in [3.63, 3.8) is 0 Å². The molecule has 1 aromatic carbocycles. The Labute approximate surface area is 98.3 Å². The van der Waals surface area contributed by atoms with E-state index in [-0.39, 0.29) is 5.75 Å². The highest BCUT2D eigenvalue weighted by atomic mass is 19.1. The number of methoxy groups -OCH3 is 1. The van der Waals surface area contributed by atoms with Crippen molar-refractivity contribution >= 4 is 0 Å². The molecule has 2 aromatic rings. The van der Waals surface area contributed by atoms with E-state index >= 15 is 0 Å². The lowest BCUT2D eigenvalue weighted by Crippen LogP contribution is -2.07. The van der Waals surface area contributed by atoms with E-state index < -0.39 is 11.9 Å². The van der Waals surface area contributed by atoms with Gasteiger partial charge in [-0.3, -0.25) is 0 Å². The quantitative estimate of drug-likeness (QED) is 0.880. The highest BCUT2D eigenvalue weighted by Gasteiger charge is 2.11. The number of ether oxygens (including phenoxy) is 1. The Kier molecular flexibility index (Phi) is 3.39. The number of hydrogen-bond acceptors (Lipinski definition) is 3. The largest absolute Gasteiger partial charge is 0.494 e. The maximum absolute atomic E-state index is 13.4. The topological polar surface area (TPSA) is 47.3 Å². The number of aliphatic hydroxyl groups excluding tert-OH is 1. The van der Waals surface area contributed by atoms with Crippen LogP contribution in [0, 0.1) is 5.82 Å². The molecule has 0 bridgehead atoms. The van der Waals surface area contributed by atoms with Crippen molar-refractivity contribution in [3.05, 3.63) is 48.3 Å². The second-order valence-corrected chi connectivity index (χ2v) is 3.67. The Balaban J connectivity index is 2.14. The molecule has 0 aliphatic heterocycles. The number of aliphatic hydroxyl groups is 1. The Morgan fingerprint density at radius 3 is 2.94 bits per heavy atom. The second kappa shape index (κ2) is 4.97. The first-order chi connectivity index (χ1) is 8.20. The van der Waals surface area contributed by atoms with Crippen molar-refractivity contribution in [1.82, 2.24) is 9.55 Å². The molecule has 17 heavy (non-hydrogen) atoms. The zero-order chi connectivity index (χ0) is 12.3. The molecule has 4 nitrogen and oxygen atoms in total. The van der Waals surface area contributed by atoms with Gasteiger partial charge < -0.3 is 14.4 Å². The Bertz CT molecular complexity index is 485. The third kappa shape index (κ3) is 2.62. The number of imidazole rings is 1. The van der Waals surface area contributed by atoms with Gasteiger partial charge in [0.1, 0.15) is 0 Å². The fraction of sp³-hybridized carbons (Fsp3) is 0.250. The molecule has 1 N–H and O–H groups in total. The molecule has 1 heterocycles. The molecule has 0 aliphatic rings. The summed E-state index contributed by atoms with van der Waals surface area (Å²) in [5.74, 6) is -0.307. The summed E-state index contributed by atoms with van der Waals surface area (Å²) in [4.78, 5) is 3.87. The molecule has 1 aromatic heterocycles. The van der Waals surface area contributed by atoms with Crippen LogP contribution in [0.1, 0.15) is 11.7 Å². The first-order valence-electron chi connectivity index (χ1n) is 5.18. The molecule has 0 radical (unpaired) electrons. The van der Waals surface area contributed by atoms with Gasteiger partial charge >= 0.3 is 0 Å². The zero-order valence-electron chi connectivity index (χ0n) is 9.38. The van der Waals surface area contributed by atoms with Crippen molar-refractivity contribution < 1.29 is 14.2 Å². The number of rotatable bonds is 4. The minimum Gasteiger partial charge on any atom is -0.494 e. The molecule has 0 saturated heterocycles. The highest BCUT2D eigenvalue weighted by Crippen LogP contribution is 2.22. The van der Waals surface area contributed by atoms with Gasteiger partial charge in [0.2, 0.25) is 0 Å². The van der Waals surface area contributed by atoms with Crippen LogP contribution in [0.5, 0.6) is 5.75 Å². The number of halogens is 1. The van der Waals surface area contributed by atoms with E-state index in [1.54, 1.807) is 29.4 Å². The fourth-order valence-corrected chi connectivity index (χ4v) is 1.59. The van der Waals surface area contributed by atoms with Gasteiger partial charge in [0.25, 0.3) is 0 Å². The minimum absolute atomic E-state index is 0.170. The van der Waals surface area contributed by atoms with E-state index in [4.69, 9.17) is 4.74 Å². The lowest BCUT2D eigenvalue weighted by molar-refractivity contribution is 0.156. The summed E-state index contributed by atoms with van der Waals surface area (Å²) in [6.07, 6.45) is 4.19. The van der Waals surface area contributed by atoms with Crippen molar-refractivity contribution in [1.29, 1.82) is 0 Å². The molecular weight excluding hydrogens is 223 g/mol. The van der Waals surface area contributed by atoms with Crippen molar-refractivity contribution in [2.75, 3.05) is 7.11 Å². The monoisotopic (exact) mass is 236 g/mol. The number of aromatic nitrogens is 2. The maximum atomic E-state index is 13.4. The average Bonchev–Trinajstić information content (AvgIpc) is 2.81. The molecule has 1 unspecified atom stereocenters. The van der Waals surface area contributed by atoms with E-state index in [0.29, 0.717) is 12.1 Å². The predicted octanol–water partition coefficient (Wildman–Crippen LogP) is 1.76. The van der Waals surface area contributed by atoms with E-state index in [2.05, 4.69) is 4.98 Å². The Hall–Kier alpha value is -1.88. The van der Waals surface area contributed by atoms with Crippen LogP contribution in [0.25, 0.3) is 0 Å². The van der Waals surface area contributed by atoms with E-state index in [9.17, 15) is 9.50 Å². The van der Waals surface area contributed by atoms with Crippen molar-refractivity contribution in [2.45, 2.75) is 12.6 Å². The molecule has 0 saturated carbocycles. The summed E-state index contributed by atoms with van der Waals surface area (Å²) in [5, 5.41) is 9.92. The fourth-order valence-electron chi connectivity index (χ4n) is 1.59. The summed E-state index contributed by atoms with van der Waals surface area (Å²) < 4.78 is 20.0. The van der Waals surface area contributed by atoms with Gasteiger partial charge in [0.05, 0.1) is 26.1 Å². The van der Waals surface area contributed by atoms with Crippen LogP contribution in [0.15, 0.2) is 36.9 Å². The average molecular weight is 236 g/mol. The van der Waals surface area contributed by atoms with Gasteiger partial charge in [-0.15, -0.1) is 0 Å². The molecule has 0 aliphatic carbocycles. The third-order valence-electron chi connectivity index (χ3n) is 2.50. The van der Waals surface area contributed by atoms with E-state index in [0.717, 1.165) is 0 Å². The molecule has 2 rings (SSSR count). The number of nitrogens with zero attached hydrogens (tertiary/aromatic N) is 2. The molecule has 90 valence electrons.